The van der Waals surface area contributed by atoms with Gasteiger partial charge in [-0.05, 0) is 0 Å². The lowest BCUT2D eigenvalue weighted by Gasteiger charge is -2.09. The quantitative estimate of drug-likeness (QED) is 0.302. The topological polar surface area (TPSA) is 204 Å². The van der Waals surface area contributed by atoms with E-state index in [-0.39, 0.29) is 0 Å². The maximum absolute atomic E-state index is 10.4. The molecule has 120 valence electrons. The summed E-state index contributed by atoms with van der Waals surface area (Å²) in [5, 5.41) is 34.6. The number of carboxylic acid groups (broad SMARTS) is 4. The van der Waals surface area contributed by atoms with E-state index >= 15 is 0 Å². The summed E-state index contributed by atoms with van der Waals surface area (Å²) in [4.78, 5) is 50.4. The second-order valence-corrected chi connectivity index (χ2v) is 3.73. The van der Waals surface area contributed by atoms with Crippen LogP contribution in [0.5, 0.6) is 0 Å². The van der Waals surface area contributed by atoms with Gasteiger partial charge in [0.2, 0.25) is 5.91 Å². The summed E-state index contributed by atoms with van der Waals surface area (Å²) < 4.78 is 0. The zero-order valence-corrected chi connectivity index (χ0v) is 11.0. The summed E-state index contributed by atoms with van der Waals surface area (Å²) >= 11 is 0. The van der Waals surface area contributed by atoms with Gasteiger partial charge >= 0.3 is 23.9 Å². The average molecular weight is 308 g/mol. The Balaban J connectivity index is 0. The van der Waals surface area contributed by atoms with Crippen LogP contribution in [0.1, 0.15) is 19.8 Å². The Hall–Kier alpha value is -2.69. The molecule has 7 N–H and O–H groups in total. The number of hydrogen-bond acceptors (Lipinski definition) is 6. The van der Waals surface area contributed by atoms with Crippen LogP contribution in [-0.4, -0.2) is 62.3 Å². The molecule has 0 saturated heterocycles. The van der Waals surface area contributed by atoms with Crippen molar-refractivity contribution in [3.05, 3.63) is 0 Å². The smallest absolute Gasteiger partial charge is 0.326 e. The second-order valence-electron chi connectivity index (χ2n) is 3.73. The van der Waals surface area contributed by atoms with Crippen molar-refractivity contribution >= 4 is 29.8 Å². The molecule has 0 aliphatic heterocycles. The molecule has 2 atom stereocenters. The zero-order valence-electron chi connectivity index (χ0n) is 11.0. The standard InChI is InChI=1S/C6H9NO5.C4H7NO4/c1-3(8)7-4(6(11)12)2-5(9)10;5-2(4(8)9)1-3(6)7/h4H,2H2,1H3,(H,7,8)(H,9,10)(H,11,12);2H,1,5H2,(H,6,7)(H,8,9)/t4-;2-/m00/s1. The minimum atomic E-state index is -1.35. The number of rotatable bonds is 7. The number of amides is 1. The summed E-state index contributed by atoms with van der Waals surface area (Å²) in [6.45, 7) is 1.12. The molecule has 11 nitrogen and oxygen atoms in total. The number of nitrogens with one attached hydrogen (secondary N) is 1. The largest absolute Gasteiger partial charge is 0.481 e. The molecule has 0 aromatic rings. The molecular weight excluding hydrogens is 292 g/mol. The first-order chi connectivity index (χ1) is 9.47. The molecule has 0 saturated carbocycles. The molecule has 21 heavy (non-hydrogen) atoms. The highest BCUT2D eigenvalue weighted by molar-refractivity contribution is 5.85. The molecule has 0 unspecified atom stereocenters. The van der Waals surface area contributed by atoms with Crippen molar-refractivity contribution in [2.24, 2.45) is 5.73 Å². The van der Waals surface area contributed by atoms with E-state index in [1.165, 1.54) is 0 Å². The zero-order chi connectivity index (χ0) is 17.2. The first-order valence-corrected chi connectivity index (χ1v) is 5.39. The molecule has 1 amide bonds. The van der Waals surface area contributed by atoms with Crippen LogP contribution in [0.15, 0.2) is 0 Å². The highest BCUT2D eigenvalue weighted by atomic mass is 16.4. The maximum Gasteiger partial charge on any atom is 0.326 e. The van der Waals surface area contributed by atoms with Crippen LogP contribution in [0.2, 0.25) is 0 Å². The fraction of sp³-hybridized carbons (Fsp3) is 0.500. The van der Waals surface area contributed by atoms with E-state index in [1.807, 2.05) is 5.32 Å². The molecule has 11 heteroatoms. The lowest BCUT2D eigenvalue weighted by molar-refractivity contribution is -0.147. The highest BCUT2D eigenvalue weighted by Crippen LogP contribution is 1.92. The number of aliphatic carboxylic acids is 4. The molecule has 0 aliphatic carbocycles. The van der Waals surface area contributed by atoms with Crippen molar-refractivity contribution in [3.63, 3.8) is 0 Å². The number of carbonyl (C=O) groups is 5. The first kappa shape index (κ1) is 20.6. The van der Waals surface area contributed by atoms with Crippen LogP contribution in [0.25, 0.3) is 0 Å². The van der Waals surface area contributed by atoms with Crippen LogP contribution in [0.4, 0.5) is 0 Å². The fourth-order valence-electron chi connectivity index (χ4n) is 0.895. The number of carboxylic acids is 4. The van der Waals surface area contributed by atoms with Crippen LogP contribution >= 0.6 is 0 Å². The minimum Gasteiger partial charge on any atom is -0.481 e. The Morgan fingerprint density at radius 1 is 0.905 bits per heavy atom. The molecule has 0 spiro atoms. The molecule has 0 rings (SSSR count). The SMILES string of the molecule is CC(=O)N[C@@H](CC(=O)O)C(=O)O.N[C@@H](CC(=O)O)C(=O)O. The molecular formula is C10H16N2O9. The molecule has 0 aliphatic rings. The predicted molar refractivity (Wildman–Crippen MR) is 65.4 cm³/mol. The van der Waals surface area contributed by atoms with E-state index in [1.54, 1.807) is 0 Å². The van der Waals surface area contributed by atoms with Crippen LogP contribution in [-0.2, 0) is 24.0 Å². The number of hydrogen-bond donors (Lipinski definition) is 6. The van der Waals surface area contributed by atoms with E-state index < -0.39 is 54.7 Å². The number of carbonyl (C=O) groups excluding carboxylic acids is 1. The summed E-state index contributed by atoms with van der Waals surface area (Å²) in [7, 11) is 0. The normalized spacial score (nSPS) is 12.1. The second kappa shape index (κ2) is 10.1. The van der Waals surface area contributed by atoms with Gasteiger partial charge in [-0.25, -0.2) is 4.79 Å². The molecule has 0 heterocycles. The minimum absolute atomic E-state index is 0.532. The Morgan fingerprint density at radius 2 is 1.33 bits per heavy atom. The maximum atomic E-state index is 10.4. The average Bonchev–Trinajstić information content (AvgIpc) is 2.26. The van der Waals surface area contributed by atoms with E-state index in [0.29, 0.717) is 0 Å². The van der Waals surface area contributed by atoms with Gasteiger partial charge in [-0.1, -0.05) is 0 Å². The van der Waals surface area contributed by atoms with Crippen molar-refractivity contribution in [3.8, 4) is 0 Å². The van der Waals surface area contributed by atoms with Crippen molar-refractivity contribution < 1.29 is 44.4 Å². The third kappa shape index (κ3) is 13.5. The molecule has 0 aromatic carbocycles. The summed E-state index contributed by atoms with van der Waals surface area (Å²) in [5.74, 6) is -5.69. The van der Waals surface area contributed by atoms with E-state index in [0.717, 1.165) is 6.92 Å². The van der Waals surface area contributed by atoms with Gasteiger partial charge in [0.25, 0.3) is 0 Å². The van der Waals surface area contributed by atoms with E-state index in [9.17, 15) is 24.0 Å². The van der Waals surface area contributed by atoms with Gasteiger partial charge in [0.15, 0.2) is 0 Å². The van der Waals surface area contributed by atoms with Crippen LogP contribution < -0.4 is 11.1 Å². The molecule has 0 aromatic heterocycles. The van der Waals surface area contributed by atoms with Gasteiger partial charge in [0.1, 0.15) is 12.1 Å². The number of nitrogens with two attached hydrogens (primary N) is 1. The Bertz CT molecular complexity index is 405. The van der Waals surface area contributed by atoms with E-state index in [4.69, 9.17) is 26.2 Å². The highest BCUT2D eigenvalue weighted by Gasteiger charge is 2.21. The summed E-state index contributed by atoms with van der Waals surface area (Å²) in [6, 6.07) is -2.64. The van der Waals surface area contributed by atoms with Crippen molar-refractivity contribution in [1.82, 2.24) is 5.32 Å². The third-order valence-corrected chi connectivity index (χ3v) is 1.77. The van der Waals surface area contributed by atoms with Crippen LogP contribution in [0, 0.1) is 0 Å². The third-order valence-electron chi connectivity index (χ3n) is 1.77. The van der Waals surface area contributed by atoms with Gasteiger partial charge < -0.3 is 31.5 Å². The molecule has 0 bridgehead atoms. The van der Waals surface area contributed by atoms with Gasteiger partial charge in [-0.3, -0.25) is 19.2 Å². The van der Waals surface area contributed by atoms with Crippen molar-refractivity contribution in [1.29, 1.82) is 0 Å². The lowest BCUT2D eigenvalue weighted by Crippen LogP contribution is -2.41. The summed E-state index contributed by atoms with van der Waals surface area (Å²) in [6.07, 6.45) is -1.15. The van der Waals surface area contributed by atoms with Crippen molar-refractivity contribution in [2.75, 3.05) is 0 Å². The first-order valence-electron chi connectivity index (χ1n) is 5.39. The Morgan fingerprint density at radius 3 is 1.52 bits per heavy atom. The Kier molecular flexibility index (Phi) is 9.96. The fourth-order valence-corrected chi connectivity index (χ4v) is 0.895. The van der Waals surface area contributed by atoms with Gasteiger partial charge in [-0.15, -0.1) is 0 Å². The Labute approximate surface area is 118 Å². The van der Waals surface area contributed by atoms with Gasteiger partial charge in [-0.2, -0.15) is 0 Å². The lowest BCUT2D eigenvalue weighted by atomic mass is 10.2. The van der Waals surface area contributed by atoms with Gasteiger partial charge in [0.05, 0.1) is 12.8 Å². The van der Waals surface area contributed by atoms with Crippen LogP contribution in [0.3, 0.4) is 0 Å². The summed E-state index contributed by atoms with van der Waals surface area (Å²) in [5.41, 5.74) is 4.84. The van der Waals surface area contributed by atoms with E-state index in [2.05, 4.69) is 0 Å². The van der Waals surface area contributed by atoms with Gasteiger partial charge in [0, 0.05) is 6.92 Å². The predicted octanol–water partition coefficient (Wildman–Crippen LogP) is -2.08. The van der Waals surface area contributed by atoms with Crippen molar-refractivity contribution in [2.45, 2.75) is 31.8 Å². The monoisotopic (exact) mass is 308 g/mol. The molecule has 0 fully saturated rings. The molecule has 0 radical (unpaired) electrons.